The van der Waals surface area contributed by atoms with Gasteiger partial charge in [-0.3, -0.25) is 4.79 Å². The Morgan fingerprint density at radius 3 is 2.61 bits per heavy atom. The molecule has 0 bridgehead atoms. The van der Waals surface area contributed by atoms with Gasteiger partial charge in [-0.25, -0.2) is 0 Å². The maximum Gasteiger partial charge on any atom is 0.269 e. The fourth-order valence-corrected chi connectivity index (χ4v) is 2.40. The molecular formula is C12H14N4OS. The number of rotatable bonds is 4. The van der Waals surface area contributed by atoms with Crippen molar-refractivity contribution in [2.45, 2.75) is 19.9 Å². The van der Waals surface area contributed by atoms with Crippen molar-refractivity contribution in [3.8, 4) is 0 Å². The van der Waals surface area contributed by atoms with Crippen LogP contribution in [0.4, 0.5) is 5.82 Å². The standard InChI is InChI=1S/C12H14N4OS/c1-7-3-5-10(18-7)8(2)14-11-6-4-9(12(13)17)15-16-11/h3-6,8H,1-2H3,(H2,13,17)(H,14,16). The van der Waals surface area contributed by atoms with Gasteiger partial charge >= 0.3 is 0 Å². The molecule has 0 aliphatic heterocycles. The number of aromatic nitrogens is 2. The molecule has 1 amide bonds. The maximum absolute atomic E-state index is 10.9. The third-order valence-electron chi connectivity index (χ3n) is 2.47. The molecule has 0 saturated carbocycles. The number of hydrogen-bond donors (Lipinski definition) is 2. The van der Waals surface area contributed by atoms with Crippen LogP contribution in [0.2, 0.25) is 0 Å². The molecule has 2 rings (SSSR count). The van der Waals surface area contributed by atoms with Crippen molar-refractivity contribution in [3.63, 3.8) is 0 Å². The Morgan fingerprint density at radius 1 is 1.33 bits per heavy atom. The lowest BCUT2D eigenvalue weighted by Crippen LogP contribution is -2.14. The smallest absolute Gasteiger partial charge is 0.269 e. The Bertz CT molecular complexity index is 549. The van der Waals surface area contributed by atoms with E-state index >= 15 is 0 Å². The molecule has 2 aromatic rings. The third kappa shape index (κ3) is 2.84. The van der Waals surface area contributed by atoms with E-state index in [9.17, 15) is 4.79 Å². The molecule has 1 unspecified atom stereocenters. The second kappa shape index (κ2) is 5.14. The van der Waals surface area contributed by atoms with Crippen LogP contribution in [0.15, 0.2) is 24.3 Å². The molecule has 18 heavy (non-hydrogen) atoms. The zero-order chi connectivity index (χ0) is 13.1. The van der Waals surface area contributed by atoms with Crippen LogP contribution in [0.3, 0.4) is 0 Å². The van der Waals surface area contributed by atoms with Crippen molar-refractivity contribution >= 4 is 23.1 Å². The summed E-state index contributed by atoms with van der Waals surface area (Å²) in [6, 6.07) is 7.58. The Labute approximate surface area is 109 Å². The van der Waals surface area contributed by atoms with Crippen LogP contribution < -0.4 is 11.1 Å². The van der Waals surface area contributed by atoms with Crippen molar-refractivity contribution in [2.75, 3.05) is 5.32 Å². The van der Waals surface area contributed by atoms with E-state index in [4.69, 9.17) is 5.73 Å². The average molecular weight is 262 g/mol. The van der Waals surface area contributed by atoms with Crippen LogP contribution in [0, 0.1) is 6.92 Å². The van der Waals surface area contributed by atoms with Gasteiger partial charge < -0.3 is 11.1 Å². The van der Waals surface area contributed by atoms with E-state index in [0.717, 1.165) is 0 Å². The number of nitrogens with two attached hydrogens (primary N) is 1. The minimum Gasteiger partial charge on any atom is -0.364 e. The first-order chi connectivity index (χ1) is 8.56. The average Bonchev–Trinajstić information content (AvgIpc) is 2.76. The molecule has 0 aliphatic carbocycles. The topological polar surface area (TPSA) is 80.9 Å². The number of hydrogen-bond acceptors (Lipinski definition) is 5. The van der Waals surface area contributed by atoms with Gasteiger partial charge in [-0.2, -0.15) is 0 Å². The van der Waals surface area contributed by atoms with Crippen LogP contribution in [-0.4, -0.2) is 16.1 Å². The third-order valence-corrected chi connectivity index (χ3v) is 3.65. The van der Waals surface area contributed by atoms with Crippen LogP contribution >= 0.6 is 11.3 Å². The molecule has 2 aromatic heterocycles. The highest BCUT2D eigenvalue weighted by atomic mass is 32.1. The van der Waals surface area contributed by atoms with Gasteiger partial charge in [0, 0.05) is 9.75 Å². The van der Waals surface area contributed by atoms with Crippen LogP contribution in [0.1, 0.15) is 33.2 Å². The van der Waals surface area contributed by atoms with Crippen molar-refractivity contribution in [3.05, 3.63) is 39.7 Å². The van der Waals surface area contributed by atoms with E-state index < -0.39 is 5.91 Å². The number of aryl methyl sites for hydroxylation is 1. The Morgan fingerprint density at radius 2 is 2.11 bits per heavy atom. The van der Waals surface area contributed by atoms with Gasteiger partial charge in [-0.1, -0.05) is 0 Å². The number of carbonyl (C=O) groups excluding carboxylic acids is 1. The molecule has 0 radical (unpaired) electrons. The highest BCUT2D eigenvalue weighted by Crippen LogP contribution is 2.24. The first kappa shape index (κ1) is 12.5. The first-order valence-corrected chi connectivity index (χ1v) is 6.34. The quantitative estimate of drug-likeness (QED) is 0.884. The number of nitrogens with one attached hydrogen (secondary N) is 1. The van der Waals surface area contributed by atoms with Gasteiger partial charge in [0.2, 0.25) is 0 Å². The Kier molecular flexibility index (Phi) is 3.57. The highest BCUT2D eigenvalue weighted by Gasteiger charge is 2.09. The summed E-state index contributed by atoms with van der Waals surface area (Å²) in [6.45, 7) is 4.12. The molecule has 2 heterocycles. The lowest BCUT2D eigenvalue weighted by atomic mass is 10.2. The summed E-state index contributed by atoms with van der Waals surface area (Å²) in [6.07, 6.45) is 0. The van der Waals surface area contributed by atoms with E-state index in [1.54, 1.807) is 23.5 Å². The van der Waals surface area contributed by atoms with Crippen molar-refractivity contribution in [1.82, 2.24) is 10.2 Å². The molecule has 0 fully saturated rings. The van der Waals surface area contributed by atoms with Crippen LogP contribution in [-0.2, 0) is 0 Å². The molecule has 0 aromatic carbocycles. The fourth-order valence-electron chi connectivity index (χ4n) is 1.52. The molecular weight excluding hydrogens is 248 g/mol. The van der Waals surface area contributed by atoms with Crippen molar-refractivity contribution in [2.24, 2.45) is 5.73 Å². The molecule has 5 nitrogen and oxygen atoms in total. The number of anilines is 1. The Balaban J connectivity index is 2.07. The molecule has 6 heteroatoms. The lowest BCUT2D eigenvalue weighted by molar-refractivity contribution is 0.0994. The fraction of sp³-hybridized carbons (Fsp3) is 0.250. The van der Waals surface area contributed by atoms with E-state index in [1.807, 2.05) is 0 Å². The summed E-state index contributed by atoms with van der Waals surface area (Å²) in [4.78, 5) is 13.4. The van der Waals surface area contributed by atoms with E-state index in [0.29, 0.717) is 5.82 Å². The monoisotopic (exact) mass is 262 g/mol. The minimum absolute atomic E-state index is 0.150. The highest BCUT2D eigenvalue weighted by molar-refractivity contribution is 7.12. The molecule has 1 atom stereocenters. The molecule has 3 N–H and O–H groups in total. The number of primary amides is 1. The second-order valence-corrected chi connectivity index (χ2v) is 5.30. The summed E-state index contributed by atoms with van der Waals surface area (Å²) in [5.41, 5.74) is 5.27. The summed E-state index contributed by atoms with van der Waals surface area (Å²) in [7, 11) is 0. The largest absolute Gasteiger partial charge is 0.364 e. The summed E-state index contributed by atoms with van der Waals surface area (Å²) in [5, 5.41) is 10.9. The van der Waals surface area contributed by atoms with E-state index in [-0.39, 0.29) is 11.7 Å². The lowest BCUT2D eigenvalue weighted by Gasteiger charge is -2.12. The van der Waals surface area contributed by atoms with Gasteiger partial charge in [-0.15, -0.1) is 21.5 Å². The number of nitrogens with zero attached hydrogens (tertiary/aromatic N) is 2. The summed E-state index contributed by atoms with van der Waals surface area (Å²) in [5.74, 6) is 0.0505. The normalized spacial score (nSPS) is 12.1. The Hall–Kier alpha value is -1.95. The van der Waals surface area contributed by atoms with Crippen LogP contribution in [0.25, 0.3) is 0 Å². The van der Waals surface area contributed by atoms with Crippen molar-refractivity contribution in [1.29, 1.82) is 0 Å². The minimum atomic E-state index is -0.573. The maximum atomic E-state index is 10.9. The van der Waals surface area contributed by atoms with E-state index in [1.165, 1.54) is 9.75 Å². The molecule has 94 valence electrons. The van der Waals surface area contributed by atoms with Gasteiger partial charge in [0.05, 0.1) is 6.04 Å². The summed E-state index contributed by atoms with van der Waals surface area (Å²) < 4.78 is 0. The van der Waals surface area contributed by atoms with Gasteiger partial charge in [0.25, 0.3) is 5.91 Å². The molecule has 0 aliphatic rings. The number of thiophene rings is 1. The van der Waals surface area contributed by atoms with Gasteiger partial charge in [0.1, 0.15) is 5.82 Å². The predicted molar refractivity (Wildman–Crippen MR) is 71.6 cm³/mol. The summed E-state index contributed by atoms with van der Waals surface area (Å²) >= 11 is 1.74. The van der Waals surface area contributed by atoms with Gasteiger partial charge in [-0.05, 0) is 38.1 Å². The SMILES string of the molecule is Cc1ccc(C(C)Nc2ccc(C(N)=O)nn2)s1. The molecule has 0 saturated heterocycles. The van der Waals surface area contributed by atoms with Crippen molar-refractivity contribution < 1.29 is 4.79 Å². The van der Waals surface area contributed by atoms with Crippen LogP contribution in [0.5, 0.6) is 0 Å². The zero-order valence-electron chi connectivity index (χ0n) is 10.2. The number of amides is 1. The predicted octanol–water partition coefficient (Wildman–Crippen LogP) is 2.12. The van der Waals surface area contributed by atoms with Gasteiger partial charge in [0.15, 0.2) is 5.69 Å². The van der Waals surface area contributed by atoms with E-state index in [2.05, 4.69) is 41.5 Å². The number of carbonyl (C=O) groups is 1. The molecule has 0 spiro atoms. The second-order valence-electron chi connectivity index (χ2n) is 3.98. The first-order valence-electron chi connectivity index (χ1n) is 5.52. The zero-order valence-corrected chi connectivity index (χ0v) is 11.0.